The largest absolute Gasteiger partial charge is 0.349 e. The van der Waals surface area contributed by atoms with E-state index in [1.807, 2.05) is 57.1 Å². The monoisotopic (exact) mass is 381 g/mol. The van der Waals surface area contributed by atoms with Gasteiger partial charge in [-0.25, -0.2) is 4.98 Å². The number of aromatic nitrogens is 4. The SMILES string of the molecule is CN=C(NCc1noc(C(C)(C)C)n1)N(C)Cc1ncc(-c2ccccc2)[nH]1. The molecule has 3 rings (SSSR count). The average Bonchev–Trinajstić information content (AvgIpc) is 3.32. The maximum Gasteiger partial charge on any atom is 0.232 e. The fourth-order valence-corrected chi connectivity index (χ4v) is 2.68. The van der Waals surface area contributed by atoms with Gasteiger partial charge in [-0.3, -0.25) is 4.99 Å². The minimum absolute atomic E-state index is 0.167. The van der Waals surface area contributed by atoms with Gasteiger partial charge in [-0.2, -0.15) is 4.98 Å². The smallest absolute Gasteiger partial charge is 0.232 e. The second-order valence-electron chi connectivity index (χ2n) is 7.63. The van der Waals surface area contributed by atoms with Crippen molar-refractivity contribution in [1.82, 2.24) is 30.3 Å². The summed E-state index contributed by atoms with van der Waals surface area (Å²) in [6, 6.07) is 10.1. The third-order valence-electron chi connectivity index (χ3n) is 4.19. The van der Waals surface area contributed by atoms with Crippen LogP contribution in [-0.2, 0) is 18.5 Å². The lowest BCUT2D eigenvalue weighted by atomic mass is 9.97. The van der Waals surface area contributed by atoms with E-state index in [0.717, 1.165) is 23.0 Å². The molecule has 2 aromatic heterocycles. The highest BCUT2D eigenvalue weighted by molar-refractivity contribution is 5.79. The number of nitrogens with zero attached hydrogens (tertiary/aromatic N) is 5. The van der Waals surface area contributed by atoms with E-state index in [-0.39, 0.29) is 5.41 Å². The summed E-state index contributed by atoms with van der Waals surface area (Å²) >= 11 is 0. The Morgan fingerprint density at radius 2 is 2.00 bits per heavy atom. The molecule has 1 aromatic carbocycles. The summed E-state index contributed by atoms with van der Waals surface area (Å²) < 4.78 is 5.33. The second kappa shape index (κ2) is 8.24. The predicted molar refractivity (Wildman–Crippen MR) is 109 cm³/mol. The van der Waals surface area contributed by atoms with Gasteiger partial charge >= 0.3 is 0 Å². The maximum atomic E-state index is 5.33. The third-order valence-corrected chi connectivity index (χ3v) is 4.19. The fourth-order valence-electron chi connectivity index (χ4n) is 2.68. The lowest BCUT2D eigenvalue weighted by Crippen LogP contribution is -2.38. The standard InChI is InChI=1S/C20H27N7O/c1-20(2,3)18-25-16(26-28-18)12-23-19(21-4)27(5)13-17-22-11-15(24-17)14-9-7-6-8-10-14/h6-11H,12-13H2,1-5H3,(H,21,23)(H,22,24). The lowest BCUT2D eigenvalue weighted by Gasteiger charge is -2.20. The third kappa shape index (κ3) is 4.76. The zero-order chi connectivity index (χ0) is 20.1. The van der Waals surface area contributed by atoms with Crippen molar-refractivity contribution in [2.45, 2.75) is 39.3 Å². The van der Waals surface area contributed by atoms with Gasteiger partial charge in [-0.05, 0) is 5.56 Å². The van der Waals surface area contributed by atoms with Crippen molar-refractivity contribution in [1.29, 1.82) is 0 Å². The zero-order valence-electron chi connectivity index (χ0n) is 17.0. The van der Waals surface area contributed by atoms with Gasteiger partial charge in [0.15, 0.2) is 11.8 Å². The Bertz CT molecular complexity index is 921. The molecule has 0 saturated carbocycles. The minimum Gasteiger partial charge on any atom is -0.349 e. The maximum absolute atomic E-state index is 5.33. The Hall–Kier alpha value is -3.16. The van der Waals surface area contributed by atoms with E-state index in [2.05, 4.69) is 42.6 Å². The number of hydrogen-bond acceptors (Lipinski definition) is 5. The fraction of sp³-hybridized carbons (Fsp3) is 0.400. The van der Waals surface area contributed by atoms with Gasteiger partial charge in [0.2, 0.25) is 5.89 Å². The van der Waals surface area contributed by atoms with E-state index in [4.69, 9.17) is 4.52 Å². The van der Waals surface area contributed by atoms with Crippen LogP contribution in [0.4, 0.5) is 0 Å². The van der Waals surface area contributed by atoms with E-state index in [1.165, 1.54) is 0 Å². The number of aromatic amines is 1. The normalized spacial score (nSPS) is 12.2. The number of imidazole rings is 1. The van der Waals surface area contributed by atoms with Crippen LogP contribution in [0.1, 0.15) is 38.3 Å². The second-order valence-corrected chi connectivity index (χ2v) is 7.63. The van der Waals surface area contributed by atoms with Crippen molar-refractivity contribution in [3.63, 3.8) is 0 Å². The van der Waals surface area contributed by atoms with E-state index < -0.39 is 0 Å². The molecule has 2 N–H and O–H groups in total. The van der Waals surface area contributed by atoms with Crippen LogP contribution in [0.25, 0.3) is 11.3 Å². The van der Waals surface area contributed by atoms with Crippen molar-refractivity contribution in [3.05, 3.63) is 54.1 Å². The highest BCUT2D eigenvalue weighted by atomic mass is 16.5. The first-order chi connectivity index (χ1) is 13.4. The van der Waals surface area contributed by atoms with Gasteiger partial charge in [0.25, 0.3) is 0 Å². The van der Waals surface area contributed by atoms with Crippen LogP contribution in [0.15, 0.2) is 46.0 Å². The van der Waals surface area contributed by atoms with E-state index >= 15 is 0 Å². The van der Waals surface area contributed by atoms with Crippen LogP contribution in [-0.4, -0.2) is 45.1 Å². The Morgan fingerprint density at radius 3 is 2.64 bits per heavy atom. The van der Waals surface area contributed by atoms with Crippen molar-refractivity contribution in [2.24, 2.45) is 4.99 Å². The first-order valence-electron chi connectivity index (χ1n) is 9.21. The zero-order valence-corrected chi connectivity index (χ0v) is 17.0. The average molecular weight is 381 g/mol. The molecule has 0 atom stereocenters. The first-order valence-corrected chi connectivity index (χ1v) is 9.21. The van der Waals surface area contributed by atoms with E-state index in [1.54, 1.807) is 7.05 Å². The summed E-state index contributed by atoms with van der Waals surface area (Å²) in [7, 11) is 3.70. The molecule has 0 amide bonds. The predicted octanol–water partition coefficient (Wildman–Crippen LogP) is 2.96. The lowest BCUT2D eigenvalue weighted by molar-refractivity contribution is 0.318. The summed E-state index contributed by atoms with van der Waals surface area (Å²) in [6.07, 6.45) is 1.85. The Morgan fingerprint density at radius 1 is 1.25 bits per heavy atom. The number of guanidine groups is 1. The van der Waals surface area contributed by atoms with E-state index in [0.29, 0.717) is 24.8 Å². The molecular weight excluding hydrogens is 354 g/mol. The first kappa shape index (κ1) is 19.6. The Labute approximate surface area is 165 Å². The molecule has 0 fully saturated rings. The molecule has 3 aromatic rings. The van der Waals surface area contributed by atoms with Crippen LogP contribution in [0.5, 0.6) is 0 Å². The molecule has 0 unspecified atom stereocenters. The minimum atomic E-state index is -0.167. The molecule has 0 saturated heterocycles. The van der Waals surface area contributed by atoms with Crippen LogP contribution >= 0.6 is 0 Å². The van der Waals surface area contributed by atoms with Crippen LogP contribution in [0, 0.1) is 0 Å². The van der Waals surface area contributed by atoms with Gasteiger partial charge in [0.1, 0.15) is 5.82 Å². The van der Waals surface area contributed by atoms with Gasteiger partial charge in [0, 0.05) is 19.5 Å². The van der Waals surface area contributed by atoms with Gasteiger partial charge in [-0.15, -0.1) is 0 Å². The Balaban J connectivity index is 1.59. The van der Waals surface area contributed by atoms with Crippen molar-refractivity contribution in [2.75, 3.05) is 14.1 Å². The number of nitrogens with one attached hydrogen (secondary N) is 2. The summed E-state index contributed by atoms with van der Waals surface area (Å²) in [5.41, 5.74) is 1.94. The molecule has 8 heteroatoms. The van der Waals surface area contributed by atoms with Crippen molar-refractivity contribution in [3.8, 4) is 11.3 Å². The molecule has 148 valence electrons. The topological polar surface area (TPSA) is 95.2 Å². The summed E-state index contributed by atoms with van der Waals surface area (Å²) in [6.45, 7) is 7.14. The molecule has 0 aliphatic rings. The van der Waals surface area contributed by atoms with Crippen molar-refractivity contribution >= 4 is 5.96 Å². The van der Waals surface area contributed by atoms with Crippen LogP contribution < -0.4 is 5.32 Å². The quantitative estimate of drug-likeness (QED) is 0.521. The number of rotatable bonds is 5. The number of hydrogen-bond donors (Lipinski definition) is 2. The summed E-state index contributed by atoms with van der Waals surface area (Å²) in [5.74, 6) is 2.80. The molecule has 0 radical (unpaired) electrons. The van der Waals surface area contributed by atoms with Crippen LogP contribution in [0.3, 0.4) is 0 Å². The number of benzene rings is 1. The molecule has 0 aliphatic heterocycles. The molecule has 2 heterocycles. The molecular formula is C20H27N7O. The number of aliphatic imine (C=N–C) groups is 1. The highest BCUT2D eigenvalue weighted by Gasteiger charge is 2.21. The Kier molecular flexibility index (Phi) is 5.77. The summed E-state index contributed by atoms with van der Waals surface area (Å²) in [5, 5.41) is 7.29. The molecule has 28 heavy (non-hydrogen) atoms. The van der Waals surface area contributed by atoms with Gasteiger partial charge in [-0.1, -0.05) is 56.3 Å². The van der Waals surface area contributed by atoms with Gasteiger partial charge < -0.3 is 19.7 Å². The number of H-pyrrole nitrogens is 1. The van der Waals surface area contributed by atoms with E-state index in [9.17, 15) is 0 Å². The van der Waals surface area contributed by atoms with Gasteiger partial charge in [0.05, 0.1) is 25.0 Å². The highest BCUT2D eigenvalue weighted by Crippen LogP contribution is 2.19. The molecule has 0 spiro atoms. The van der Waals surface area contributed by atoms with Crippen molar-refractivity contribution < 1.29 is 4.52 Å². The molecule has 0 bridgehead atoms. The molecule has 0 aliphatic carbocycles. The molecule has 8 nitrogen and oxygen atoms in total. The summed E-state index contributed by atoms with van der Waals surface area (Å²) in [4.78, 5) is 18.6. The van der Waals surface area contributed by atoms with Crippen LogP contribution in [0.2, 0.25) is 0 Å².